The third-order valence-corrected chi connectivity index (χ3v) is 5.72. The lowest BCUT2D eigenvalue weighted by Crippen LogP contribution is -2.25. The van der Waals surface area contributed by atoms with Crippen LogP contribution in [-0.4, -0.2) is 35.8 Å². The molecule has 0 heterocycles. The van der Waals surface area contributed by atoms with Crippen LogP contribution in [0.15, 0.2) is 22.5 Å². The molecule has 0 N–H and O–H groups in total. The molecule has 100 valence electrons. The maximum Gasteiger partial charge on any atom is 0.242 e. The quantitative estimate of drug-likeness (QED) is 0.466. The molecule has 0 spiro atoms. The van der Waals surface area contributed by atoms with E-state index in [2.05, 4.69) is 46.0 Å². The summed E-state index contributed by atoms with van der Waals surface area (Å²) in [5.74, 6) is 0. The first kappa shape index (κ1) is 17.0. The molecule has 0 aliphatic heterocycles. The molecule has 0 aliphatic carbocycles. The molecular formula is C11H26O3Si3. The Bertz CT molecular complexity index is 224. The lowest BCUT2D eigenvalue weighted by atomic mass is 10.4. The number of allylic oxidation sites excluding steroid dienone is 2. The van der Waals surface area contributed by atoms with Gasteiger partial charge in [-0.25, -0.2) is 0 Å². The summed E-state index contributed by atoms with van der Waals surface area (Å²) in [7, 11) is -1.76. The molecule has 0 unspecified atom stereocenters. The van der Waals surface area contributed by atoms with Crippen molar-refractivity contribution in [1.29, 1.82) is 0 Å². The lowest BCUT2D eigenvalue weighted by molar-refractivity contribution is -0.138. The highest BCUT2D eigenvalue weighted by Crippen LogP contribution is 1.99. The third-order valence-electron chi connectivity index (χ3n) is 1.91. The van der Waals surface area contributed by atoms with Crippen molar-refractivity contribution < 1.29 is 13.3 Å². The number of rotatable bonds is 9. The van der Waals surface area contributed by atoms with Crippen molar-refractivity contribution in [1.82, 2.24) is 0 Å². The van der Waals surface area contributed by atoms with Crippen molar-refractivity contribution in [2.24, 2.45) is 0 Å². The maximum absolute atomic E-state index is 5.70. The molecule has 0 aromatic carbocycles. The first-order chi connectivity index (χ1) is 8.06. The number of hydrogen-bond acceptors (Lipinski definition) is 3. The van der Waals surface area contributed by atoms with Gasteiger partial charge in [-0.1, -0.05) is 29.5 Å². The zero-order valence-corrected chi connectivity index (χ0v) is 16.0. The highest BCUT2D eigenvalue weighted by Gasteiger charge is 2.07. The van der Waals surface area contributed by atoms with Gasteiger partial charge < -0.3 is 13.3 Å². The summed E-state index contributed by atoms with van der Waals surface area (Å²) in [5, 5.41) is 0. The smallest absolute Gasteiger partial charge is 0.242 e. The minimum Gasteiger partial charge on any atom is -0.380 e. The Balaban J connectivity index is 3.95. The molecule has 0 rings (SSSR count). The van der Waals surface area contributed by atoms with Gasteiger partial charge >= 0.3 is 0 Å². The fourth-order valence-corrected chi connectivity index (χ4v) is 3.70. The number of hydrogen-bond donors (Lipinski definition) is 0. The van der Waals surface area contributed by atoms with E-state index in [1.165, 1.54) is 11.1 Å². The van der Waals surface area contributed by atoms with Gasteiger partial charge in [-0.2, -0.15) is 0 Å². The molecule has 17 heavy (non-hydrogen) atoms. The van der Waals surface area contributed by atoms with Gasteiger partial charge in [0.1, 0.15) is 0 Å². The van der Waals surface area contributed by atoms with Crippen LogP contribution in [-0.2, 0) is 13.3 Å². The van der Waals surface area contributed by atoms with Crippen LogP contribution >= 0.6 is 0 Å². The Morgan fingerprint density at radius 3 is 1.76 bits per heavy atom. The molecule has 0 saturated heterocycles. The summed E-state index contributed by atoms with van der Waals surface area (Å²) < 4.78 is 17.1. The van der Waals surface area contributed by atoms with E-state index in [4.69, 9.17) is 13.3 Å². The lowest BCUT2D eigenvalue weighted by Gasteiger charge is -2.18. The van der Waals surface area contributed by atoms with Gasteiger partial charge in [0.2, 0.25) is 6.48 Å². The van der Waals surface area contributed by atoms with Crippen molar-refractivity contribution in [3.63, 3.8) is 0 Å². The molecule has 0 fully saturated rings. The molecule has 0 radical (unpaired) electrons. The van der Waals surface area contributed by atoms with Crippen LogP contribution in [0.4, 0.5) is 0 Å². The fourth-order valence-electron chi connectivity index (χ4n) is 0.945. The average molecular weight is 291 g/mol. The highest BCUT2D eigenvalue weighted by atomic mass is 28.2. The van der Waals surface area contributed by atoms with Gasteiger partial charge in [0.25, 0.3) is 0 Å². The zero-order valence-electron chi connectivity index (χ0n) is 11.8. The van der Waals surface area contributed by atoms with Gasteiger partial charge in [0, 0.05) is 0 Å². The topological polar surface area (TPSA) is 27.7 Å². The van der Waals surface area contributed by atoms with Crippen LogP contribution < -0.4 is 0 Å². The highest BCUT2D eigenvalue weighted by molar-refractivity contribution is 6.36. The minimum absolute atomic E-state index is 0.383. The maximum atomic E-state index is 5.70. The Labute approximate surface area is 112 Å². The van der Waals surface area contributed by atoms with E-state index in [0.717, 1.165) is 6.04 Å². The second kappa shape index (κ2) is 11.1. The summed E-state index contributed by atoms with van der Waals surface area (Å²) in [6.45, 7) is 10.1. The van der Waals surface area contributed by atoms with E-state index in [1.807, 2.05) is 0 Å². The molecule has 0 bridgehead atoms. The van der Waals surface area contributed by atoms with E-state index >= 15 is 0 Å². The third kappa shape index (κ3) is 12.3. The van der Waals surface area contributed by atoms with Crippen molar-refractivity contribution in [2.75, 3.05) is 0 Å². The van der Waals surface area contributed by atoms with Crippen LogP contribution in [0.1, 0.15) is 34.6 Å². The monoisotopic (exact) mass is 290 g/mol. The standard InChI is InChI=1S/C11H26O3Si3/c1-6-15-12-11(13-16-7-9(2)3)14-17-8-10(4)5/h7-8,11H,6,15-17H2,1-5H3. The second-order valence-corrected chi connectivity index (χ2v) is 8.28. The molecule has 0 amide bonds. The summed E-state index contributed by atoms with van der Waals surface area (Å²) >= 11 is 0. The first-order valence-corrected chi connectivity index (χ1v) is 10.5. The van der Waals surface area contributed by atoms with E-state index in [0.29, 0.717) is 0 Å². The SMILES string of the molecule is CC[SiH2]OC(O[SiH2]C=C(C)C)O[SiH2]C=C(C)C. The molecule has 0 aliphatic rings. The van der Waals surface area contributed by atoms with Crippen LogP contribution in [0.3, 0.4) is 0 Å². The Kier molecular flexibility index (Phi) is 11.1. The Morgan fingerprint density at radius 2 is 1.41 bits per heavy atom. The van der Waals surface area contributed by atoms with Crippen molar-refractivity contribution >= 4 is 29.3 Å². The fraction of sp³-hybridized carbons (Fsp3) is 0.636. The van der Waals surface area contributed by atoms with Crippen LogP contribution in [0.2, 0.25) is 6.04 Å². The minimum atomic E-state index is -0.647. The molecule has 0 aromatic rings. The largest absolute Gasteiger partial charge is 0.380 e. The molecule has 0 saturated carbocycles. The van der Waals surface area contributed by atoms with Crippen LogP contribution in [0.25, 0.3) is 0 Å². The van der Waals surface area contributed by atoms with E-state index in [9.17, 15) is 0 Å². The van der Waals surface area contributed by atoms with Crippen molar-refractivity contribution in [3.8, 4) is 0 Å². The van der Waals surface area contributed by atoms with Crippen LogP contribution in [0, 0.1) is 0 Å². The van der Waals surface area contributed by atoms with Crippen LogP contribution in [0.5, 0.6) is 0 Å². The first-order valence-electron chi connectivity index (χ1n) is 6.17. The molecule has 0 atom stereocenters. The molecule has 3 nitrogen and oxygen atoms in total. The average Bonchev–Trinajstić information content (AvgIpc) is 2.24. The predicted molar refractivity (Wildman–Crippen MR) is 82.0 cm³/mol. The Morgan fingerprint density at radius 1 is 0.941 bits per heavy atom. The van der Waals surface area contributed by atoms with Crippen molar-refractivity contribution in [2.45, 2.75) is 47.1 Å². The molecule has 0 aromatic heterocycles. The van der Waals surface area contributed by atoms with Gasteiger partial charge in [-0.05, 0) is 33.7 Å². The van der Waals surface area contributed by atoms with E-state index in [1.54, 1.807) is 0 Å². The summed E-state index contributed by atoms with van der Waals surface area (Å²) in [5.41, 5.74) is 6.97. The summed E-state index contributed by atoms with van der Waals surface area (Å²) in [6.07, 6.45) is 0. The zero-order chi connectivity index (χ0) is 13.1. The Hall–Kier alpha value is 0.0106. The normalized spacial score (nSPS) is 14.2. The second-order valence-electron chi connectivity index (χ2n) is 4.39. The summed E-state index contributed by atoms with van der Waals surface area (Å²) in [4.78, 5) is 0. The predicted octanol–water partition coefficient (Wildman–Crippen LogP) is 0.857. The van der Waals surface area contributed by atoms with Gasteiger partial charge in [-0.15, -0.1) is 0 Å². The van der Waals surface area contributed by atoms with Crippen molar-refractivity contribution in [3.05, 3.63) is 22.5 Å². The molecular weight excluding hydrogens is 264 g/mol. The van der Waals surface area contributed by atoms with E-state index in [-0.39, 0.29) is 6.48 Å². The van der Waals surface area contributed by atoms with Gasteiger partial charge in [0.15, 0.2) is 29.3 Å². The molecule has 6 heteroatoms. The van der Waals surface area contributed by atoms with E-state index < -0.39 is 29.3 Å². The summed E-state index contributed by atoms with van der Waals surface area (Å²) in [6, 6.07) is 1.12. The van der Waals surface area contributed by atoms with Gasteiger partial charge in [0.05, 0.1) is 0 Å². The van der Waals surface area contributed by atoms with Gasteiger partial charge in [-0.3, -0.25) is 0 Å².